The fraction of sp³-hybridized carbons (Fsp3) is 0.400. The van der Waals surface area contributed by atoms with Crippen LogP contribution in [0.25, 0.3) is 0 Å². The molecule has 17 heavy (non-hydrogen) atoms. The standard InChI is InChI=1S/C10H10ClNO4S/c11-6-1-2-17-8(6)9(14)12-4-5(13)3-7(12)10(15)16/h1-2,5,7,13H,3-4H2,(H,15,16)/t5-,7-/m1/s1. The number of carboxylic acids is 1. The lowest BCUT2D eigenvalue weighted by molar-refractivity contribution is -0.141. The molecule has 2 N–H and O–H groups in total. The van der Waals surface area contributed by atoms with Crippen molar-refractivity contribution >= 4 is 34.8 Å². The van der Waals surface area contributed by atoms with Gasteiger partial charge in [0.25, 0.3) is 5.91 Å². The summed E-state index contributed by atoms with van der Waals surface area (Å²) in [6.07, 6.45) is -0.733. The molecule has 2 rings (SSSR count). The molecule has 0 radical (unpaired) electrons. The van der Waals surface area contributed by atoms with Gasteiger partial charge in [-0.25, -0.2) is 4.79 Å². The van der Waals surface area contributed by atoms with Crippen molar-refractivity contribution in [2.75, 3.05) is 6.54 Å². The van der Waals surface area contributed by atoms with Crippen molar-refractivity contribution in [1.82, 2.24) is 4.90 Å². The number of hydrogen-bond acceptors (Lipinski definition) is 4. The first-order valence-electron chi connectivity index (χ1n) is 4.95. The van der Waals surface area contributed by atoms with Gasteiger partial charge >= 0.3 is 5.97 Å². The van der Waals surface area contributed by atoms with Crippen LogP contribution in [0.3, 0.4) is 0 Å². The summed E-state index contributed by atoms with van der Waals surface area (Å²) in [5.74, 6) is -1.54. The molecule has 5 nitrogen and oxygen atoms in total. The van der Waals surface area contributed by atoms with Gasteiger partial charge in [-0.1, -0.05) is 11.6 Å². The third kappa shape index (κ3) is 2.29. The van der Waals surface area contributed by atoms with Gasteiger partial charge in [-0.15, -0.1) is 11.3 Å². The number of halogens is 1. The van der Waals surface area contributed by atoms with E-state index in [4.69, 9.17) is 16.7 Å². The quantitative estimate of drug-likeness (QED) is 0.846. The summed E-state index contributed by atoms with van der Waals surface area (Å²) in [6.45, 7) is 0.0318. The van der Waals surface area contributed by atoms with E-state index in [9.17, 15) is 14.7 Å². The van der Waals surface area contributed by atoms with E-state index in [-0.39, 0.29) is 13.0 Å². The Morgan fingerprint density at radius 2 is 2.24 bits per heavy atom. The number of likely N-dealkylation sites (tertiary alicyclic amines) is 1. The molecular formula is C10H10ClNO4S. The fourth-order valence-corrected chi connectivity index (χ4v) is 2.94. The first-order chi connectivity index (χ1) is 8.00. The van der Waals surface area contributed by atoms with Crippen LogP contribution in [0.1, 0.15) is 16.1 Å². The monoisotopic (exact) mass is 275 g/mol. The number of aliphatic hydroxyl groups excluding tert-OH is 1. The number of hydrogen-bond donors (Lipinski definition) is 2. The van der Waals surface area contributed by atoms with E-state index in [2.05, 4.69) is 0 Å². The number of nitrogens with zero attached hydrogens (tertiary/aromatic N) is 1. The molecule has 0 spiro atoms. The molecule has 1 amide bonds. The van der Waals surface area contributed by atoms with Gasteiger partial charge in [0, 0.05) is 13.0 Å². The lowest BCUT2D eigenvalue weighted by Gasteiger charge is -2.20. The Hall–Kier alpha value is -1.11. The van der Waals surface area contributed by atoms with Crippen LogP contribution in [-0.4, -0.2) is 45.7 Å². The van der Waals surface area contributed by atoms with Crippen molar-refractivity contribution < 1.29 is 19.8 Å². The van der Waals surface area contributed by atoms with Gasteiger partial charge < -0.3 is 15.1 Å². The predicted octanol–water partition coefficient (Wildman–Crippen LogP) is 1.06. The molecule has 1 aliphatic heterocycles. The summed E-state index contributed by atoms with van der Waals surface area (Å²) in [4.78, 5) is 24.5. The van der Waals surface area contributed by atoms with Crippen LogP contribution >= 0.6 is 22.9 Å². The van der Waals surface area contributed by atoms with Crippen LogP contribution in [-0.2, 0) is 4.79 Å². The number of carboxylic acid groups (broad SMARTS) is 1. The summed E-state index contributed by atoms with van der Waals surface area (Å²) >= 11 is 6.99. The second-order valence-electron chi connectivity index (χ2n) is 3.80. The Morgan fingerprint density at radius 3 is 2.76 bits per heavy atom. The van der Waals surface area contributed by atoms with Crippen molar-refractivity contribution in [3.8, 4) is 0 Å². The van der Waals surface area contributed by atoms with Crippen molar-refractivity contribution in [3.05, 3.63) is 21.3 Å². The normalized spacial score (nSPS) is 24.0. The highest BCUT2D eigenvalue weighted by Crippen LogP contribution is 2.27. The zero-order valence-corrected chi connectivity index (χ0v) is 10.2. The minimum absolute atomic E-state index is 0.0318. The number of amides is 1. The Labute approximate surface area is 106 Å². The summed E-state index contributed by atoms with van der Waals surface area (Å²) in [6, 6.07) is 0.609. The largest absolute Gasteiger partial charge is 0.480 e. The topological polar surface area (TPSA) is 77.8 Å². The van der Waals surface area contributed by atoms with E-state index in [1.165, 1.54) is 0 Å². The third-order valence-electron chi connectivity index (χ3n) is 2.64. The second-order valence-corrected chi connectivity index (χ2v) is 5.12. The molecule has 1 aliphatic rings. The first-order valence-corrected chi connectivity index (χ1v) is 6.21. The number of rotatable bonds is 2. The second kappa shape index (κ2) is 4.64. The molecule has 0 aromatic carbocycles. The molecule has 7 heteroatoms. The number of aliphatic hydroxyl groups is 1. The van der Waals surface area contributed by atoms with Crippen LogP contribution in [0.15, 0.2) is 11.4 Å². The molecule has 0 unspecified atom stereocenters. The third-order valence-corrected chi connectivity index (χ3v) is 3.97. The van der Waals surface area contributed by atoms with Crippen molar-refractivity contribution in [3.63, 3.8) is 0 Å². The maximum absolute atomic E-state index is 12.1. The number of β-amino-alcohol motifs (C(OH)–C–C–N with tert-alkyl or cyclic N) is 1. The van der Waals surface area contributed by atoms with Gasteiger partial charge in [0.1, 0.15) is 10.9 Å². The highest BCUT2D eigenvalue weighted by Gasteiger charge is 2.39. The molecule has 1 fully saturated rings. The van der Waals surface area contributed by atoms with Gasteiger partial charge in [-0.3, -0.25) is 4.79 Å². The van der Waals surface area contributed by atoms with Gasteiger partial charge in [0.05, 0.1) is 11.1 Å². The molecule has 1 aromatic heterocycles. The number of aliphatic carboxylic acids is 1. The van der Waals surface area contributed by atoms with Crippen molar-refractivity contribution in [2.24, 2.45) is 0 Å². The summed E-state index contributed by atoms with van der Waals surface area (Å²) in [5.41, 5.74) is 0. The first kappa shape index (κ1) is 12.3. The summed E-state index contributed by atoms with van der Waals surface area (Å²) in [5, 5.41) is 20.4. The van der Waals surface area contributed by atoms with Gasteiger partial charge in [-0.2, -0.15) is 0 Å². The fourth-order valence-electron chi connectivity index (χ4n) is 1.85. The minimum Gasteiger partial charge on any atom is -0.480 e. The van der Waals surface area contributed by atoms with Crippen LogP contribution < -0.4 is 0 Å². The van der Waals surface area contributed by atoms with Crippen LogP contribution in [0, 0.1) is 0 Å². The van der Waals surface area contributed by atoms with Crippen LogP contribution in [0.2, 0.25) is 5.02 Å². The van der Waals surface area contributed by atoms with E-state index in [1.54, 1.807) is 11.4 Å². The summed E-state index contributed by atoms with van der Waals surface area (Å²) < 4.78 is 0. The maximum atomic E-state index is 12.1. The molecular weight excluding hydrogens is 266 g/mol. The highest BCUT2D eigenvalue weighted by molar-refractivity contribution is 7.12. The predicted molar refractivity (Wildman–Crippen MR) is 62.4 cm³/mol. The maximum Gasteiger partial charge on any atom is 0.326 e. The Morgan fingerprint density at radius 1 is 1.53 bits per heavy atom. The lowest BCUT2D eigenvalue weighted by atomic mass is 10.2. The molecule has 0 aliphatic carbocycles. The molecule has 0 saturated carbocycles. The average molecular weight is 276 g/mol. The van der Waals surface area contributed by atoms with Gasteiger partial charge in [0.15, 0.2) is 0 Å². The van der Waals surface area contributed by atoms with Gasteiger partial charge in [0.2, 0.25) is 0 Å². The number of thiophene rings is 1. The molecule has 2 heterocycles. The Bertz CT molecular complexity index is 461. The number of carbonyl (C=O) groups is 2. The smallest absolute Gasteiger partial charge is 0.326 e. The van der Waals surface area contributed by atoms with Crippen LogP contribution in [0.4, 0.5) is 0 Å². The molecule has 2 atom stereocenters. The molecule has 0 bridgehead atoms. The van der Waals surface area contributed by atoms with E-state index >= 15 is 0 Å². The van der Waals surface area contributed by atoms with E-state index in [1.807, 2.05) is 0 Å². The van der Waals surface area contributed by atoms with E-state index in [0.29, 0.717) is 9.90 Å². The van der Waals surface area contributed by atoms with E-state index in [0.717, 1.165) is 16.2 Å². The molecule has 1 aromatic rings. The lowest BCUT2D eigenvalue weighted by Crippen LogP contribution is -2.40. The Kier molecular flexibility index (Phi) is 3.37. The zero-order chi connectivity index (χ0) is 12.6. The molecule has 1 saturated heterocycles. The van der Waals surface area contributed by atoms with Crippen molar-refractivity contribution in [1.29, 1.82) is 0 Å². The minimum atomic E-state index is -1.11. The Balaban J connectivity index is 2.25. The van der Waals surface area contributed by atoms with Gasteiger partial charge in [-0.05, 0) is 11.4 Å². The van der Waals surface area contributed by atoms with Crippen molar-refractivity contribution in [2.45, 2.75) is 18.6 Å². The number of carbonyl (C=O) groups excluding carboxylic acids is 1. The SMILES string of the molecule is O=C(O)[C@H]1C[C@@H](O)CN1C(=O)c1sccc1Cl. The zero-order valence-electron chi connectivity index (χ0n) is 8.67. The highest BCUT2D eigenvalue weighted by atomic mass is 35.5. The van der Waals surface area contributed by atoms with E-state index < -0.39 is 24.0 Å². The average Bonchev–Trinajstić information content (AvgIpc) is 2.83. The van der Waals surface area contributed by atoms with Crippen LogP contribution in [0.5, 0.6) is 0 Å². The summed E-state index contributed by atoms with van der Waals surface area (Å²) in [7, 11) is 0. The molecule has 92 valence electrons.